The van der Waals surface area contributed by atoms with Crippen molar-refractivity contribution >= 4 is 5.97 Å². The normalized spacial score (nSPS) is 26.1. The first-order chi connectivity index (χ1) is 7.78. The van der Waals surface area contributed by atoms with E-state index in [1.54, 1.807) is 0 Å². The number of hydrogen-bond acceptors (Lipinski definition) is 2. The van der Waals surface area contributed by atoms with E-state index in [0.29, 0.717) is 6.42 Å². The van der Waals surface area contributed by atoms with E-state index in [1.165, 1.54) is 5.56 Å². The van der Waals surface area contributed by atoms with Crippen LogP contribution in [0, 0.1) is 0 Å². The van der Waals surface area contributed by atoms with Crippen molar-refractivity contribution in [2.75, 3.05) is 0 Å². The molecule has 0 spiro atoms. The van der Waals surface area contributed by atoms with Crippen LogP contribution >= 0.6 is 0 Å². The number of benzene rings is 1. The van der Waals surface area contributed by atoms with Gasteiger partial charge in [-0.1, -0.05) is 18.2 Å². The van der Waals surface area contributed by atoms with Crippen LogP contribution in [-0.2, 0) is 16.6 Å². The summed E-state index contributed by atoms with van der Waals surface area (Å²) >= 11 is 0. The zero-order valence-electron chi connectivity index (χ0n) is 9.16. The third-order valence-corrected chi connectivity index (χ3v) is 3.73. The summed E-state index contributed by atoms with van der Waals surface area (Å²) in [4.78, 5) is 12.1. The predicted octanol–water partition coefficient (Wildman–Crippen LogP) is 2.76. The van der Waals surface area contributed by atoms with Gasteiger partial charge >= 0.3 is 5.97 Å². The van der Waals surface area contributed by atoms with Crippen molar-refractivity contribution < 1.29 is 9.53 Å². The number of carbonyl (C=O) groups is 1. The molecule has 2 heteroatoms. The maximum Gasteiger partial charge on any atom is 0.322 e. The van der Waals surface area contributed by atoms with Gasteiger partial charge in [0.1, 0.15) is 11.2 Å². The lowest BCUT2D eigenvalue weighted by Gasteiger charge is -2.30. The highest BCUT2D eigenvalue weighted by molar-refractivity contribution is 5.91. The van der Waals surface area contributed by atoms with Gasteiger partial charge < -0.3 is 4.74 Å². The Bertz CT molecular complexity index is 476. The zero-order chi connectivity index (χ0) is 11.2. The second kappa shape index (κ2) is 3.21. The molecule has 0 N–H and O–H groups in total. The average Bonchev–Trinajstić information content (AvgIpc) is 2.56. The monoisotopic (exact) mass is 214 g/mol. The number of rotatable bonds is 2. The maximum absolute atomic E-state index is 12.1. The Morgan fingerprint density at radius 2 is 2.38 bits per heavy atom. The molecule has 16 heavy (non-hydrogen) atoms. The van der Waals surface area contributed by atoms with Crippen LogP contribution in [0.5, 0.6) is 5.75 Å². The smallest absolute Gasteiger partial charge is 0.322 e. The van der Waals surface area contributed by atoms with Gasteiger partial charge in [-0.3, -0.25) is 4.79 Å². The van der Waals surface area contributed by atoms with Crippen molar-refractivity contribution in [2.24, 2.45) is 0 Å². The highest BCUT2D eigenvalue weighted by atomic mass is 16.5. The molecule has 0 amide bonds. The minimum absolute atomic E-state index is 0.0884. The quantitative estimate of drug-likeness (QED) is 0.430. The molecule has 1 atom stereocenters. The molecule has 2 aliphatic rings. The van der Waals surface area contributed by atoms with E-state index in [1.807, 2.05) is 18.2 Å². The highest BCUT2D eigenvalue weighted by Crippen LogP contribution is 2.50. The van der Waals surface area contributed by atoms with Gasteiger partial charge in [-0.05, 0) is 37.3 Å². The molecule has 0 saturated carbocycles. The molecular formula is C14H14O2. The molecular weight excluding hydrogens is 200 g/mol. The number of aryl methyl sites for hydroxylation is 1. The number of hydrogen-bond donors (Lipinski definition) is 0. The number of allylic oxidation sites excluding steroid dienone is 1. The van der Waals surface area contributed by atoms with E-state index in [0.717, 1.165) is 30.6 Å². The van der Waals surface area contributed by atoms with Crippen molar-refractivity contribution in [3.05, 3.63) is 42.0 Å². The molecule has 0 fully saturated rings. The summed E-state index contributed by atoms with van der Waals surface area (Å²) < 4.78 is 5.40. The lowest BCUT2D eigenvalue weighted by atomic mass is 9.69. The van der Waals surface area contributed by atoms with E-state index in [4.69, 9.17) is 4.74 Å². The molecule has 1 aliphatic carbocycles. The first-order valence-corrected chi connectivity index (χ1v) is 5.73. The highest BCUT2D eigenvalue weighted by Gasteiger charge is 2.50. The molecule has 1 heterocycles. The molecule has 1 aliphatic heterocycles. The fraction of sp³-hybridized carbons (Fsp3) is 0.357. The van der Waals surface area contributed by atoms with Crippen LogP contribution in [0.25, 0.3) is 0 Å². The number of ether oxygens (including phenoxy) is 1. The van der Waals surface area contributed by atoms with Crippen molar-refractivity contribution in [3.63, 3.8) is 0 Å². The summed E-state index contributed by atoms with van der Waals surface area (Å²) in [6.45, 7) is 3.77. The Morgan fingerprint density at radius 1 is 1.50 bits per heavy atom. The van der Waals surface area contributed by atoms with Gasteiger partial charge in [-0.15, -0.1) is 6.58 Å². The minimum Gasteiger partial charge on any atom is -0.426 e. The largest absolute Gasteiger partial charge is 0.426 e. The summed E-state index contributed by atoms with van der Waals surface area (Å²) in [5.74, 6) is 0.679. The summed E-state index contributed by atoms with van der Waals surface area (Å²) in [6, 6.07) is 5.97. The third-order valence-electron chi connectivity index (χ3n) is 3.73. The van der Waals surface area contributed by atoms with Crippen molar-refractivity contribution in [1.29, 1.82) is 0 Å². The zero-order valence-corrected chi connectivity index (χ0v) is 9.16. The number of esters is 1. The molecule has 0 bridgehead atoms. The van der Waals surface area contributed by atoms with Gasteiger partial charge in [0.05, 0.1) is 0 Å². The molecule has 1 unspecified atom stereocenters. The molecule has 0 saturated heterocycles. The lowest BCUT2D eigenvalue weighted by molar-refractivity contribution is -0.138. The molecule has 1 aromatic rings. The molecule has 82 valence electrons. The standard InChI is InChI=1S/C14H14O2/c1-2-8-14-9-4-6-10-5-3-7-11(12(10)14)16-13(14)15/h2-3,5,7H,1,4,6,8-9H2. The molecule has 1 aromatic carbocycles. The lowest BCUT2D eigenvalue weighted by Crippen LogP contribution is -2.36. The van der Waals surface area contributed by atoms with Crippen LogP contribution in [0.4, 0.5) is 0 Å². The van der Waals surface area contributed by atoms with Crippen molar-refractivity contribution in [3.8, 4) is 5.75 Å². The minimum atomic E-state index is -0.425. The summed E-state index contributed by atoms with van der Waals surface area (Å²) in [5, 5.41) is 0. The van der Waals surface area contributed by atoms with E-state index >= 15 is 0 Å². The Labute approximate surface area is 94.9 Å². The Balaban J connectivity index is 2.25. The first kappa shape index (κ1) is 9.64. The van der Waals surface area contributed by atoms with E-state index in [9.17, 15) is 4.79 Å². The van der Waals surface area contributed by atoms with Crippen LogP contribution < -0.4 is 4.74 Å². The van der Waals surface area contributed by atoms with Crippen LogP contribution in [0.1, 0.15) is 30.4 Å². The Kier molecular flexibility index (Phi) is 1.93. The SMILES string of the molecule is C=CCC12CCCc3cccc(c31)OC2=O. The Morgan fingerprint density at radius 3 is 3.19 bits per heavy atom. The van der Waals surface area contributed by atoms with E-state index < -0.39 is 5.41 Å². The van der Waals surface area contributed by atoms with Gasteiger partial charge in [0, 0.05) is 5.56 Å². The molecule has 0 aromatic heterocycles. The first-order valence-electron chi connectivity index (χ1n) is 5.73. The topological polar surface area (TPSA) is 26.3 Å². The summed E-state index contributed by atoms with van der Waals surface area (Å²) in [6.07, 6.45) is 5.52. The van der Waals surface area contributed by atoms with Crippen LogP contribution in [-0.4, -0.2) is 5.97 Å². The maximum atomic E-state index is 12.1. The van der Waals surface area contributed by atoms with E-state index in [-0.39, 0.29) is 5.97 Å². The van der Waals surface area contributed by atoms with Crippen molar-refractivity contribution in [1.82, 2.24) is 0 Å². The average molecular weight is 214 g/mol. The fourth-order valence-electron chi connectivity index (χ4n) is 3.05. The fourth-order valence-corrected chi connectivity index (χ4v) is 3.05. The second-order valence-corrected chi connectivity index (χ2v) is 4.61. The Hall–Kier alpha value is -1.57. The predicted molar refractivity (Wildman–Crippen MR) is 61.5 cm³/mol. The van der Waals surface area contributed by atoms with Crippen LogP contribution in [0.15, 0.2) is 30.9 Å². The molecule has 0 radical (unpaired) electrons. The second-order valence-electron chi connectivity index (χ2n) is 4.61. The van der Waals surface area contributed by atoms with Crippen LogP contribution in [0.2, 0.25) is 0 Å². The summed E-state index contributed by atoms with van der Waals surface area (Å²) in [5.41, 5.74) is 1.98. The van der Waals surface area contributed by atoms with Crippen LogP contribution in [0.3, 0.4) is 0 Å². The van der Waals surface area contributed by atoms with Gasteiger partial charge in [-0.2, -0.15) is 0 Å². The van der Waals surface area contributed by atoms with Gasteiger partial charge in [-0.25, -0.2) is 0 Å². The molecule has 3 rings (SSSR count). The third kappa shape index (κ3) is 1.04. The van der Waals surface area contributed by atoms with E-state index in [2.05, 4.69) is 12.6 Å². The van der Waals surface area contributed by atoms with Gasteiger partial charge in [0.15, 0.2) is 0 Å². The molecule has 2 nitrogen and oxygen atoms in total. The van der Waals surface area contributed by atoms with Crippen molar-refractivity contribution in [2.45, 2.75) is 31.1 Å². The van der Waals surface area contributed by atoms with Gasteiger partial charge in [0.25, 0.3) is 0 Å². The van der Waals surface area contributed by atoms with Gasteiger partial charge in [0.2, 0.25) is 0 Å². The number of carbonyl (C=O) groups excluding carboxylic acids is 1. The summed E-state index contributed by atoms with van der Waals surface area (Å²) in [7, 11) is 0.